The molecule has 1 rings (SSSR count). The van der Waals surface area contributed by atoms with Gasteiger partial charge in [-0.2, -0.15) is 0 Å². The molecular formula is C8H9NO2. The Hall–Kier alpha value is -1.35. The third-order valence-electron chi connectivity index (χ3n) is 1.51. The fraction of sp³-hybridized carbons (Fsp3) is 0.125. The lowest BCUT2D eigenvalue weighted by Gasteiger charge is -2.01. The van der Waals surface area contributed by atoms with E-state index in [1.165, 1.54) is 6.07 Å². The molecule has 0 aliphatic rings. The Balaban J connectivity index is 3.24. The minimum atomic E-state index is -0.0112. The standard InChI is InChI=1S/C8H9NO2/c9-4-6-2-1-3-8(11)7(6)5-10/h1-3,5,11H,4,9H2. The van der Waals surface area contributed by atoms with E-state index in [4.69, 9.17) is 10.8 Å². The highest BCUT2D eigenvalue weighted by atomic mass is 16.3. The first-order chi connectivity index (χ1) is 5.29. The van der Waals surface area contributed by atoms with Gasteiger partial charge >= 0.3 is 0 Å². The highest BCUT2D eigenvalue weighted by molar-refractivity contribution is 5.81. The first kappa shape index (κ1) is 7.75. The Morgan fingerprint density at radius 2 is 2.27 bits per heavy atom. The number of hydrogen-bond acceptors (Lipinski definition) is 3. The van der Waals surface area contributed by atoms with E-state index in [0.29, 0.717) is 11.8 Å². The summed E-state index contributed by atoms with van der Waals surface area (Å²) in [5.41, 5.74) is 6.28. The average Bonchev–Trinajstić information content (AvgIpc) is 2.04. The van der Waals surface area contributed by atoms with Gasteiger partial charge in [0.15, 0.2) is 6.29 Å². The lowest BCUT2D eigenvalue weighted by Crippen LogP contribution is -2.00. The molecule has 0 amide bonds. The van der Waals surface area contributed by atoms with Gasteiger partial charge in [-0.15, -0.1) is 0 Å². The number of aromatic hydroxyl groups is 1. The maximum absolute atomic E-state index is 10.4. The molecule has 0 bridgehead atoms. The van der Waals surface area contributed by atoms with E-state index in [1.807, 2.05) is 0 Å². The van der Waals surface area contributed by atoms with Crippen molar-refractivity contribution in [1.29, 1.82) is 0 Å². The molecule has 0 aromatic heterocycles. The SMILES string of the molecule is NCc1cccc(O)c1C=O. The summed E-state index contributed by atoms with van der Waals surface area (Å²) >= 11 is 0. The van der Waals surface area contributed by atoms with E-state index in [-0.39, 0.29) is 17.9 Å². The quantitative estimate of drug-likeness (QED) is 0.610. The van der Waals surface area contributed by atoms with Gasteiger partial charge < -0.3 is 10.8 Å². The fourth-order valence-electron chi connectivity index (χ4n) is 0.914. The van der Waals surface area contributed by atoms with Gasteiger partial charge in [0.1, 0.15) is 5.75 Å². The van der Waals surface area contributed by atoms with Gasteiger partial charge in [0.25, 0.3) is 0 Å². The van der Waals surface area contributed by atoms with Gasteiger partial charge in [0.05, 0.1) is 5.56 Å². The fourth-order valence-corrected chi connectivity index (χ4v) is 0.914. The normalized spacial score (nSPS) is 9.55. The Bertz CT molecular complexity index is 271. The second kappa shape index (κ2) is 3.16. The highest BCUT2D eigenvalue weighted by Crippen LogP contribution is 2.17. The van der Waals surface area contributed by atoms with Gasteiger partial charge in [-0.05, 0) is 11.6 Å². The summed E-state index contributed by atoms with van der Waals surface area (Å²) in [6, 6.07) is 4.83. The molecule has 0 aliphatic heterocycles. The average molecular weight is 151 g/mol. The smallest absolute Gasteiger partial charge is 0.154 e. The summed E-state index contributed by atoms with van der Waals surface area (Å²) in [6.07, 6.45) is 0.609. The highest BCUT2D eigenvalue weighted by Gasteiger charge is 2.03. The van der Waals surface area contributed by atoms with Gasteiger partial charge in [-0.25, -0.2) is 0 Å². The zero-order valence-electron chi connectivity index (χ0n) is 5.95. The van der Waals surface area contributed by atoms with E-state index in [0.717, 1.165) is 0 Å². The van der Waals surface area contributed by atoms with Crippen molar-refractivity contribution >= 4 is 6.29 Å². The molecule has 0 aliphatic carbocycles. The maximum Gasteiger partial charge on any atom is 0.154 e. The summed E-state index contributed by atoms with van der Waals surface area (Å²) < 4.78 is 0. The Kier molecular flexibility index (Phi) is 2.23. The van der Waals surface area contributed by atoms with E-state index in [1.54, 1.807) is 12.1 Å². The van der Waals surface area contributed by atoms with Crippen molar-refractivity contribution in [3.63, 3.8) is 0 Å². The van der Waals surface area contributed by atoms with Crippen molar-refractivity contribution in [2.75, 3.05) is 0 Å². The van der Waals surface area contributed by atoms with Crippen LogP contribution in [0.15, 0.2) is 18.2 Å². The molecular weight excluding hydrogens is 142 g/mol. The summed E-state index contributed by atoms with van der Waals surface area (Å²) in [5, 5.41) is 9.14. The molecule has 0 atom stereocenters. The van der Waals surface area contributed by atoms with E-state index in [9.17, 15) is 4.79 Å². The van der Waals surface area contributed by atoms with E-state index >= 15 is 0 Å². The number of carbonyl (C=O) groups excluding carboxylic acids is 1. The van der Waals surface area contributed by atoms with Crippen molar-refractivity contribution in [1.82, 2.24) is 0 Å². The summed E-state index contributed by atoms with van der Waals surface area (Å²) in [6.45, 7) is 0.266. The van der Waals surface area contributed by atoms with Crippen LogP contribution in [0.25, 0.3) is 0 Å². The molecule has 0 saturated heterocycles. The molecule has 1 aromatic carbocycles. The Morgan fingerprint density at radius 1 is 1.55 bits per heavy atom. The maximum atomic E-state index is 10.4. The number of phenolic OH excluding ortho intramolecular Hbond substituents is 1. The molecule has 0 spiro atoms. The summed E-state index contributed by atoms with van der Waals surface area (Å²) in [4.78, 5) is 10.4. The van der Waals surface area contributed by atoms with Crippen molar-refractivity contribution < 1.29 is 9.90 Å². The van der Waals surface area contributed by atoms with Crippen LogP contribution in [0.1, 0.15) is 15.9 Å². The van der Waals surface area contributed by atoms with Gasteiger partial charge in [-0.3, -0.25) is 4.79 Å². The number of carbonyl (C=O) groups is 1. The second-order valence-corrected chi connectivity index (χ2v) is 2.17. The topological polar surface area (TPSA) is 63.3 Å². The Labute approximate surface area is 64.5 Å². The third kappa shape index (κ3) is 1.38. The summed E-state index contributed by atoms with van der Waals surface area (Å²) in [7, 11) is 0. The second-order valence-electron chi connectivity index (χ2n) is 2.17. The van der Waals surface area contributed by atoms with Crippen molar-refractivity contribution in [3.05, 3.63) is 29.3 Å². The van der Waals surface area contributed by atoms with Crippen molar-refractivity contribution in [2.45, 2.75) is 6.54 Å². The zero-order chi connectivity index (χ0) is 8.27. The van der Waals surface area contributed by atoms with Gasteiger partial charge in [0.2, 0.25) is 0 Å². The van der Waals surface area contributed by atoms with Crippen LogP contribution in [0.3, 0.4) is 0 Å². The van der Waals surface area contributed by atoms with Crippen molar-refractivity contribution in [2.24, 2.45) is 5.73 Å². The molecule has 0 radical (unpaired) electrons. The van der Waals surface area contributed by atoms with Crippen molar-refractivity contribution in [3.8, 4) is 5.75 Å². The van der Waals surface area contributed by atoms with Crippen LogP contribution in [0.5, 0.6) is 5.75 Å². The molecule has 3 N–H and O–H groups in total. The number of hydrogen-bond donors (Lipinski definition) is 2. The predicted molar refractivity (Wildman–Crippen MR) is 41.4 cm³/mol. The lowest BCUT2D eigenvalue weighted by atomic mass is 10.1. The van der Waals surface area contributed by atoms with Gasteiger partial charge in [-0.1, -0.05) is 12.1 Å². The Morgan fingerprint density at radius 3 is 2.73 bits per heavy atom. The largest absolute Gasteiger partial charge is 0.507 e. The van der Waals surface area contributed by atoms with Crippen LogP contribution in [-0.4, -0.2) is 11.4 Å². The molecule has 0 unspecified atom stereocenters. The molecule has 3 nitrogen and oxygen atoms in total. The number of nitrogens with two attached hydrogens (primary N) is 1. The monoisotopic (exact) mass is 151 g/mol. The van der Waals surface area contributed by atoms with Gasteiger partial charge in [0, 0.05) is 6.54 Å². The van der Waals surface area contributed by atoms with Crippen LogP contribution >= 0.6 is 0 Å². The zero-order valence-corrected chi connectivity index (χ0v) is 5.95. The molecule has 3 heteroatoms. The lowest BCUT2D eigenvalue weighted by molar-refractivity contribution is 0.112. The summed E-state index contributed by atoms with van der Waals surface area (Å²) in [5.74, 6) is -0.0112. The van der Waals surface area contributed by atoms with Crippen LogP contribution < -0.4 is 5.73 Å². The first-order valence-electron chi connectivity index (χ1n) is 3.25. The number of aldehydes is 1. The molecule has 11 heavy (non-hydrogen) atoms. The number of phenols is 1. The molecule has 0 heterocycles. The number of rotatable bonds is 2. The van der Waals surface area contributed by atoms with Crippen LogP contribution in [0.4, 0.5) is 0 Å². The van der Waals surface area contributed by atoms with Crippen LogP contribution in [0.2, 0.25) is 0 Å². The van der Waals surface area contributed by atoms with Crippen LogP contribution in [-0.2, 0) is 6.54 Å². The predicted octanol–water partition coefficient (Wildman–Crippen LogP) is 0.663. The van der Waals surface area contributed by atoms with Crippen LogP contribution in [0, 0.1) is 0 Å². The minimum Gasteiger partial charge on any atom is -0.507 e. The first-order valence-corrected chi connectivity index (χ1v) is 3.25. The molecule has 0 saturated carbocycles. The molecule has 0 fully saturated rings. The third-order valence-corrected chi connectivity index (χ3v) is 1.51. The number of benzene rings is 1. The molecule has 58 valence electrons. The molecule has 1 aromatic rings. The van der Waals surface area contributed by atoms with E-state index in [2.05, 4.69) is 0 Å². The minimum absolute atomic E-state index is 0.0112. The van der Waals surface area contributed by atoms with E-state index < -0.39 is 0 Å².